The Balaban J connectivity index is 5.70. The van der Waals surface area contributed by atoms with E-state index in [0.29, 0.717) is 25.7 Å². The largest absolute Gasteiger partial charge is 0.466 e. The van der Waals surface area contributed by atoms with Gasteiger partial charge in [-0.1, -0.05) is 53.4 Å². The molecule has 0 fully saturated rings. The van der Waals surface area contributed by atoms with E-state index in [4.69, 9.17) is 18.9 Å². The first-order chi connectivity index (χ1) is 14.9. The molecule has 0 radical (unpaired) electrons. The zero-order valence-electron chi connectivity index (χ0n) is 19.7. The number of hydrogen-bond acceptors (Lipinski definition) is 8. The lowest BCUT2D eigenvalue weighted by Gasteiger charge is -2.28. The Kier molecular flexibility index (Phi) is 16.3. The van der Waals surface area contributed by atoms with Gasteiger partial charge in [0.05, 0.1) is 39.3 Å². The summed E-state index contributed by atoms with van der Waals surface area (Å²) in [5, 5.41) is 0. The minimum absolute atomic E-state index is 0.0785. The molecular formula is C23H40O8. The van der Waals surface area contributed by atoms with E-state index in [0.717, 1.165) is 25.7 Å². The standard InChI is InChI=1S/C23H40O8/c1-5-9-13-28-19(24)17-23(21(26)30-15-11-7-3,22(27)31-16-12-8-4)18-20(25)29-14-10-6-2/h5-18H2,1-4H3. The molecule has 0 aromatic carbocycles. The number of carbonyl (C=O) groups is 4. The van der Waals surface area contributed by atoms with E-state index < -0.39 is 42.1 Å². The van der Waals surface area contributed by atoms with Crippen molar-refractivity contribution in [1.82, 2.24) is 0 Å². The zero-order valence-corrected chi connectivity index (χ0v) is 19.7. The van der Waals surface area contributed by atoms with Crippen LogP contribution in [0.3, 0.4) is 0 Å². The molecule has 0 aromatic rings. The molecule has 0 saturated carbocycles. The lowest BCUT2D eigenvalue weighted by molar-refractivity contribution is -0.182. The fraction of sp³-hybridized carbons (Fsp3) is 0.826. The van der Waals surface area contributed by atoms with Crippen LogP contribution < -0.4 is 0 Å². The van der Waals surface area contributed by atoms with Crippen LogP contribution in [-0.4, -0.2) is 50.3 Å². The molecule has 0 aliphatic rings. The number of esters is 4. The molecule has 0 atom stereocenters. The van der Waals surface area contributed by atoms with Crippen molar-refractivity contribution in [3.05, 3.63) is 0 Å². The molecule has 31 heavy (non-hydrogen) atoms. The van der Waals surface area contributed by atoms with E-state index in [9.17, 15) is 19.2 Å². The van der Waals surface area contributed by atoms with Crippen LogP contribution in [-0.2, 0) is 38.1 Å². The van der Waals surface area contributed by atoms with Gasteiger partial charge in [-0.25, -0.2) is 0 Å². The summed E-state index contributed by atoms with van der Waals surface area (Å²) < 4.78 is 20.9. The van der Waals surface area contributed by atoms with Gasteiger partial charge in [0, 0.05) is 0 Å². The Hall–Kier alpha value is -2.12. The molecule has 0 saturated heterocycles. The van der Waals surface area contributed by atoms with Gasteiger partial charge < -0.3 is 18.9 Å². The number of ether oxygens (including phenoxy) is 4. The Morgan fingerprint density at radius 1 is 0.516 bits per heavy atom. The lowest BCUT2D eigenvalue weighted by Crippen LogP contribution is -2.46. The van der Waals surface area contributed by atoms with Crippen LogP contribution in [0.2, 0.25) is 0 Å². The third-order valence-corrected chi connectivity index (χ3v) is 4.66. The maximum absolute atomic E-state index is 13.0. The summed E-state index contributed by atoms with van der Waals surface area (Å²) in [6.45, 7) is 8.24. The molecule has 0 bridgehead atoms. The van der Waals surface area contributed by atoms with Crippen molar-refractivity contribution >= 4 is 23.9 Å². The van der Waals surface area contributed by atoms with Crippen molar-refractivity contribution in [2.75, 3.05) is 26.4 Å². The summed E-state index contributed by atoms with van der Waals surface area (Å²) in [6.07, 6.45) is 4.42. The van der Waals surface area contributed by atoms with E-state index in [1.165, 1.54) is 0 Å². The van der Waals surface area contributed by atoms with E-state index in [-0.39, 0.29) is 26.4 Å². The van der Waals surface area contributed by atoms with Crippen LogP contribution in [0.1, 0.15) is 91.9 Å². The molecule has 0 rings (SSSR count). The van der Waals surface area contributed by atoms with Crippen molar-refractivity contribution in [2.45, 2.75) is 91.9 Å². The predicted molar refractivity (Wildman–Crippen MR) is 115 cm³/mol. The summed E-state index contributed by atoms with van der Waals surface area (Å²) in [7, 11) is 0. The van der Waals surface area contributed by atoms with Crippen LogP contribution in [0.15, 0.2) is 0 Å². The number of unbranched alkanes of at least 4 members (excludes halogenated alkanes) is 4. The quantitative estimate of drug-likeness (QED) is 0.134. The Labute approximate surface area is 186 Å². The van der Waals surface area contributed by atoms with Crippen LogP contribution in [0.25, 0.3) is 0 Å². The van der Waals surface area contributed by atoms with Crippen molar-refractivity contribution in [3.8, 4) is 0 Å². The van der Waals surface area contributed by atoms with Gasteiger partial charge in [0.2, 0.25) is 0 Å². The fourth-order valence-corrected chi connectivity index (χ4v) is 2.58. The fourth-order valence-electron chi connectivity index (χ4n) is 2.58. The molecule has 0 amide bonds. The van der Waals surface area contributed by atoms with Crippen molar-refractivity contribution in [3.63, 3.8) is 0 Å². The van der Waals surface area contributed by atoms with Crippen LogP contribution in [0.4, 0.5) is 0 Å². The maximum atomic E-state index is 13.0. The smallest absolute Gasteiger partial charge is 0.324 e. The lowest BCUT2D eigenvalue weighted by atomic mass is 9.80. The molecule has 0 aliphatic carbocycles. The second-order valence-corrected chi connectivity index (χ2v) is 7.56. The highest BCUT2D eigenvalue weighted by atomic mass is 16.6. The minimum Gasteiger partial charge on any atom is -0.466 e. The van der Waals surface area contributed by atoms with Gasteiger partial charge in [-0.05, 0) is 25.7 Å². The van der Waals surface area contributed by atoms with Gasteiger partial charge >= 0.3 is 23.9 Å². The third kappa shape index (κ3) is 11.7. The highest BCUT2D eigenvalue weighted by Crippen LogP contribution is 2.32. The average Bonchev–Trinajstić information content (AvgIpc) is 2.73. The summed E-state index contributed by atoms with van der Waals surface area (Å²) in [5.41, 5.74) is -2.12. The van der Waals surface area contributed by atoms with Crippen LogP contribution in [0, 0.1) is 5.41 Å². The molecule has 0 unspecified atom stereocenters. The maximum Gasteiger partial charge on any atom is 0.324 e. The number of rotatable bonds is 18. The molecule has 180 valence electrons. The number of hydrogen-bond donors (Lipinski definition) is 0. The summed E-state index contributed by atoms with van der Waals surface area (Å²) in [5.74, 6) is -3.42. The number of carbonyl (C=O) groups excluding carboxylic acids is 4. The SMILES string of the molecule is CCCCOC(=O)CC(CC(=O)OCCCC)(C(=O)OCCCC)C(=O)OCCCC. The zero-order chi connectivity index (χ0) is 23.5. The van der Waals surface area contributed by atoms with Crippen molar-refractivity contribution in [1.29, 1.82) is 0 Å². The monoisotopic (exact) mass is 444 g/mol. The summed E-state index contributed by atoms with van der Waals surface area (Å²) in [4.78, 5) is 50.9. The average molecular weight is 445 g/mol. The Morgan fingerprint density at radius 2 is 0.806 bits per heavy atom. The third-order valence-electron chi connectivity index (χ3n) is 4.66. The van der Waals surface area contributed by atoms with Gasteiger partial charge in [0.25, 0.3) is 0 Å². The topological polar surface area (TPSA) is 105 Å². The molecule has 8 heteroatoms. The molecule has 0 aromatic heterocycles. The van der Waals surface area contributed by atoms with E-state index in [2.05, 4.69) is 0 Å². The van der Waals surface area contributed by atoms with E-state index >= 15 is 0 Å². The first-order valence-electron chi connectivity index (χ1n) is 11.5. The summed E-state index contributed by atoms with van der Waals surface area (Å²) in [6, 6.07) is 0. The van der Waals surface area contributed by atoms with Crippen molar-refractivity contribution < 1.29 is 38.1 Å². The normalized spacial score (nSPS) is 11.0. The second-order valence-electron chi connectivity index (χ2n) is 7.56. The van der Waals surface area contributed by atoms with Gasteiger partial charge in [-0.2, -0.15) is 0 Å². The van der Waals surface area contributed by atoms with Crippen molar-refractivity contribution in [2.24, 2.45) is 5.41 Å². The van der Waals surface area contributed by atoms with E-state index in [1.807, 2.05) is 27.7 Å². The first-order valence-corrected chi connectivity index (χ1v) is 11.5. The van der Waals surface area contributed by atoms with Crippen LogP contribution in [0.5, 0.6) is 0 Å². The Morgan fingerprint density at radius 3 is 1.10 bits per heavy atom. The molecule has 0 aliphatic heterocycles. The molecule has 0 heterocycles. The molecule has 8 nitrogen and oxygen atoms in total. The highest BCUT2D eigenvalue weighted by Gasteiger charge is 2.53. The Bertz CT molecular complexity index is 496. The van der Waals surface area contributed by atoms with Gasteiger partial charge in [0.1, 0.15) is 0 Å². The van der Waals surface area contributed by atoms with Crippen LogP contribution >= 0.6 is 0 Å². The molecular weight excluding hydrogens is 404 g/mol. The molecule has 0 N–H and O–H groups in total. The van der Waals surface area contributed by atoms with Gasteiger partial charge in [0.15, 0.2) is 5.41 Å². The van der Waals surface area contributed by atoms with Gasteiger partial charge in [-0.15, -0.1) is 0 Å². The minimum atomic E-state index is -2.12. The predicted octanol–water partition coefficient (Wildman–Crippen LogP) is 4.13. The molecule has 0 spiro atoms. The van der Waals surface area contributed by atoms with E-state index in [1.54, 1.807) is 0 Å². The summed E-state index contributed by atoms with van der Waals surface area (Å²) >= 11 is 0. The highest BCUT2D eigenvalue weighted by molar-refractivity contribution is 6.05. The first kappa shape index (κ1) is 28.9. The van der Waals surface area contributed by atoms with Gasteiger partial charge in [-0.3, -0.25) is 19.2 Å². The second kappa shape index (κ2) is 17.5.